The van der Waals surface area contributed by atoms with Crippen molar-refractivity contribution in [2.75, 3.05) is 0 Å². The van der Waals surface area contributed by atoms with Gasteiger partial charge in [-0.3, -0.25) is 4.79 Å². The molecule has 0 spiro atoms. The Hall–Kier alpha value is -3.34. The Kier molecular flexibility index (Phi) is 3.60. The third-order valence-corrected chi connectivity index (χ3v) is 5.26. The molecular formula is C22H19N3O2. The summed E-state index contributed by atoms with van der Waals surface area (Å²) in [5.74, 6) is 1.52. The van der Waals surface area contributed by atoms with Gasteiger partial charge in [0.25, 0.3) is 0 Å². The minimum atomic E-state index is -0.275. The molecule has 2 heterocycles. The lowest BCUT2D eigenvalue weighted by Crippen LogP contribution is -2.27. The first kappa shape index (κ1) is 15.9. The van der Waals surface area contributed by atoms with Crippen molar-refractivity contribution in [3.05, 3.63) is 83.2 Å². The van der Waals surface area contributed by atoms with E-state index in [0.29, 0.717) is 23.9 Å². The number of benzene rings is 2. The van der Waals surface area contributed by atoms with E-state index in [-0.39, 0.29) is 11.7 Å². The van der Waals surface area contributed by atoms with E-state index in [1.807, 2.05) is 54.6 Å². The largest absolute Gasteiger partial charge is 0.445 e. The predicted octanol–water partition coefficient (Wildman–Crippen LogP) is 4.01. The van der Waals surface area contributed by atoms with Gasteiger partial charge in [-0.2, -0.15) is 0 Å². The second-order valence-corrected chi connectivity index (χ2v) is 6.94. The number of hydrogen-bond donors (Lipinski definition) is 2. The van der Waals surface area contributed by atoms with Crippen molar-refractivity contribution in [3.8, 4) is 0 Å². The second-order valence-electron chi connectivity index (χ2n) is 6.94. The van der Waals surface area contributed by atoms with Crippen molar-refractivity contribution in [3.63, 3.8) is 0 Å². The van der Waals surface area contributed by atoms with Crippen LogP contribution in [0.1, 0.15) is 36.6 Å². The van der Waals surface area contributed by atoms with Crippen LogP contribution >= 0.6 is 0 Å². The minimum Gasteiger partial charge on any atom is -0.445 e. The molecule has 1 unspecified atom stereocenters. The number of carbonyl (C=O) groups excluding carboxylic acids is 1. The van der Waals surface area contributed by atoms with Crippen molar-refractivity contribution in [2.45, 2.75) is 25.2 Å². The molecule has 2 aromatic carbocycles. The van der Waals surface area contributed by atoms with Crippen LogP contribution in [0.4, 0.5) is 0 Å². The average molecular weight is 357 g/mol. The highest BCUT2D eigenvalue weighted by molar-refractivity contribution is 6.02. The van der Waals surface area contributed by atoms with Crippen LogP contribution in [0.25, 0.3) is 16.6 Å². The number of rotatable bonds is 2. The molecule has 0 saturated carbocycles. The zero-order chi connectivity index (χ0) is 18.4. The van der Waals surface area contributed by atoms with Gasteiger partial charge in [0.2, 0.25) is 0 Å². The smallest absolute Gasteiger partial charge is 0.198 e. The van der Waals surface area contributed by atoms with Gasteiger partial charge in [0.1, 0.15) is 11.6 Å². The third kappa shape index (κ3) is 2.54. The molecule has 5 rings (SSSR count). The summed E-state index contributed by atoms with van der Waals surface area (Å²) in [6, 6.07) is 17.8. The number of carbonyl (C=O) groups is 1. The van der Waals surface area contributed by atoms with Gasteiger partial charge in [-0.15, -0.1) is 0 Å². The number of fused-ring (bicyclic) bond motifs is 1. The Morgan fingerprint density at radius 1 is 1.00 bits per heavy atom. The Bertz CT molecular complexity index is 1080. The van der Waals surface area contributed by atoms with Crippen LogP contribution in [0.2, 0.25) is 0 Å². The topological polar surface area (TPSA) is 81.0 Å². The molecule has 1 atom stereocenters. The lowest BCUT2D eigenvalue weighted by atomic mass is 9.77. The lowest BCUT2D eigenvalue weighted by Gasteiger charge is -2.32. The molecule has 0 amide bonds. The monoisotopic (exact) mass is 357 g/mol. The Labute approximate surface area is 156 Å². The number of ketones is 1. The molecule has 5 heteroatoms. The van der Waals surface area contributed by atoms with Crippen LogP contribution in [0.5, 0.6) is 0 Å². The van der Waals surface area contributed by atoms with Gasteiger partial charge in [0, 0.05) is 24.3 Å². The van der Waals surface area contributed by atoms with E-state index in [1.165, 1.54) is 0 Å². The molecule has 3 aromatic rings. The normalized spacial score (nSPS) is 20.0. The molecule has 0 bridgehead atoms. The molecular weight excluding hydrogens is 338 g/mol. The number of Topliss-reactive ketones (excluding diaryl/α,β-unsaturated/α-hetero) is 1. The number of aromatic nitrogens is 2. The number of imidazole rings is 1. The highest BCUT2D eigenvalue weighted by Crippen LogP contribution is 2.46. The fourth-order valence-corrected chi connectivity index (χ4v) is 4.05. The first-order valence-electron chi connectivity index (χ1n) is 9.16. The fourth-order valence-electron chi connectivity index (χ4n) is 4.05. The van der Waals surface area contributed by atoms with Crippen molar-refractivity contribution >= 4 is 22.4 Å². The van der Waals surface area contributed by atoms with E-state index in [9.17, 15) is 4.79 Å². The zero-order valence-electron chi connectivity index (χ0n) is 14.7. The summed E-state index contributed by atoms with van der Waals surface area (Å²) in [7, 11) is 0. The van der Waals surface area contributed by atoms with Gasteiger partial charge >= 0.3 is 0 Å². The van der Waals surface area contributed by atoms with E-state index < -0.39 is 0 Å². The predicted molar refractivity (Wildman–Crippen MR) is 103 cm³/mol. The molecule has 0 radical (unpaired) electrons. The van der Waals surface area contributed by atoms with E-state index in [1.54, 1.807) is 0 Å². The summed E-state index contributed by atoms with van der Waals surface area (Å²) in [5, 5.41) is 0. The molecule has 27 heavy (non-hydrogen) atoms. The van der Waals surface area contributed by atoms with Gasteiger partial charge in [0.15, 0.2) is 11.7 Å². The number of para-hydroxylation sites is 2. The molecule has 0 fully saturated rings. The van der Waals surface area contributed by atoms with Crippen LogP contribution in [0.15, 0.2) is 71.8 Å². The molecule has 1 aliphatic carbocycles. The minimum absolute atomic E-state index is 0.131. The van der Waals surface area contributed by atoms with Gasteiger partial charge < -0.3 is 15.5 Å². The SMILES string of the molecule is NC1=C(c2nc3ccccc3[nH]2)C(c2ccccc2)C2=C(CCCC2=O)O1. The van der Waals surface area contributed by atoms with Crippen LogP contribution < -0.4 is 5.73 Å². The summed E-state index contributed by atoms with van der Waals surface area (Å²) in [5.41, 5.74) is 10.6. The van der Waals surface area contributed by atoms with Gasteiger partial charge in [-0.1, -0.05) is 42.5 Å². The summed E-state index contributed by atoms with van der Waals surface area (Å²) in [6.07, 6.45) is 2.07. The zero-order valence-corrected chi connectivity index (χ0v) is 14.7. The molecule has 5 nitrogen and oxygen atoms in total. The number of hydrogen-bond acceptors (Lipinski definition) is 4. The molecule has 1 aromatic heterocycles. The second kappa shape index (κ2) is 6.13. The number of aromatic amines is 1. The molecule has 3 N–H and O–H groups in total. The van der Waals surface area contributed by atoms with Crippen molar-refractivity contribution in [1.82, 2.24) is 9.97 Å². The van der Waals surface area contributed by atoms with Gasteiger partial charge in [-0.25, -0.2) is 4.98 Å². The summed E-state index contributed by atoms with van der Waals surface area (Å²) >= 11 is 0. The van der Waals surface area contributed by atoms with E-state index >= 15 is 0 Å². The summed E-state index contributed by atoms with van der Waals surface area (Å²) < 4.78 is 5.93. The Balaban J connectivity index is 1.73. The van der Waals surface area contributed by atoms with E-state index in [2.05, 4.69) is 4.98 Å². The Morgan fingerprint density at radius 3 is 2.59 bits per heavy atom. The van der Waals surface area contributed by atoms with Crippen molar-refractivity contribution < 1.29 is 9.53 Å². The number of allylic oxidation sites excluding steroid dienone is 3. The molecule has 2 aliphatic rings. The van der Waals surface area contributed by atoms with Gasteiger partial charge in [-0.05, 0) is 24.1 Å². The number of H-pyrrole nitrogens is 1. The number of ether oxygens (including phenoxy) is 1. The standard InChI is InChI=1S/C22H19N3O2/c23-21-20(22-24-14-9-4-5-10-15(14)25-22)18(13-7-2-1-3-8-13)19-16(26)11-6-12-17(19)27-21/h1-5,7-10,18H,6,11-12,23H2,(H,24,25). The quantitative estimate of drug-likeness (QED) is 0.726. The first-order valence-corrected chi connectivity index (χ1v) is 9.16. The maximum absolute atomic E-state index is 12.8. The number of nitrogens with zero attached hydrogens (tertiary/aromatic N) is 1. The molecule has 1 aliphatic heterocycles. The maximum Gasteiger partial charge on any atom is 0.198 e. The van der Waals surface area contributed by atoms with E-state index in [4.69, 9.17) is 15.5 Å². The highest BCUT2D eigenvalue weighted by atomic mass is 16.5. The number of nitrogens with two attached hydrogens (primary N) is 1. The van der Waals surface area contributed by atoms with Gasteiger partial charge in [0.05, 0.1) is 16.6 Å². The molecule has 0 saturated heterocycles. The Morgan fingerprint density at radius 2 is 1.78 bits per heavy atom. The highest BCUT2D eigenvalue weighted by Gasteiger charge is 2.39. The maximum atomic E-state index is 12.8. The van der Waals surface area contributed by atoms with Crippen LogP contribution in [-0.2, 0) is 9.53 Å². The summed E-state index contributed by atoms with van der Waals surface area (Å²) in [4.78, 5) is 20.9. The molecule has 134 valence electrons. The van der Waals surface area contributed by atoms with Crippen molar-refractivity contribution in [1.29, 1.82) is 0 Å². The van der Waals surface area contributed by atoms with Crippen LogP contribution in [0, 0.1) is 0 Å². The van der Waals surface area contributed by atoms with Crippen LogP contribution in [-0.4, -0.2) is 15.8 Å². The van der Waals surface area contributed by atoms with Crippen LogP contribution in [0.3, 0.4) is 0 Å². The third-order valence-electron chi connectivity index (χ3n) is 5.26. The fraction of sp³-hybridized carbons (Fsp3) is 0.182. The summed E-state index contributed by atoms with van der Waals surface area (Å²) in [6.45, 7) is 0. The number of nitrogens with one attached hydrogen (secondary N) is 1. The van der Waals surface area contributed by atoms with Crippen molar-refractivity contribution in [2.24, 2.45) is 5.73 Å². The first-order chi connectivity index (χ1) is 13.2. The lowest BCUT2D eigenvalue weighted by molar-refractivity contribution is -0.116. The average Bonchev–Trinajstić information content (AvgIpc) is 3.11. The van der Waals surface area contributed by atoms with E-state index in [0.717, 1.165) is 40.6 Å².